The summed E-state index contributed by atoms with van der Waals surface area (Å²) in [5, 5.41) is 9.58. The largest absolute Gasteiger partial charge is 0.320 e. The number of H-pyrrole nitrogens is 1. The summed E-state index contributed by atoms with van der Waals surface area (Å²) in [4.78, 5) is 16.7. The fraction of sp³-hybridized carbons (Fsp3) is 0.188. The lowest BCUT2D eigenvalue weighted by atomic mass is 10.1. The van der Waals surface area contributed by atoms with Gasteiger partial charge in [0.15, 0.2) is 11.5 Å². The van der Waals surface area contributed by atoms with E-state index in [2.05, 4.69) is 41.2 Å². The Morgan fingerprint density at radius 2 is 2.14 bits per heavy atom. The highest BCUT2D eigenvalue weighted by molar-refractivity contribution is 9.10. The first kappa shape index (κ1) is 20.5. The van der Waals surface area contributed by atoms with Crippen molar-refractivity contribution in [2.45, 2.75) is 13.3 Å². The number of nitrogens with zero attached hydrogens (tertiary/aromatic N) is 2. The van der Waals surface area contributed by atoms with Gasteiger partial charge in [-0.25, -0.2) is 17.8 Å². The molecule has 0 spiro atoms. The predicted octanol–water partition coefficient (Wildman–Crippen LogP) is 3.92. The Morgan fingerprint density at radius 1 is 1.39 bits per heavy atom. The third kappa shape index (κ3) is 4.26. The molecular formula is C16H14BrClFN5O3S. The number of hydrogen-bond acceptors (Lipinski definition) is 5. The minimum Gasteiger partial charge on any atom is -0.320 e. The molecular weight excluding hydrogens is 477 g/mol. The van der Waals surface area contributed by atoms with Gasteiger partial charge in [0, 0.05) is 0 Å². The Kier molecular flexibility index (Phi) is 5.87. The van der Waals surface area contributed by atoms with Crippen molar-refractivity contribution in [2.24, 2.45) is 0 Å². The molecule has 2 heterocycles. The van der Waals surface area contributed by atoms with E-state index in [4.69, 9.17) is 11.6 Å². The van der Waals surface area contributed by atoms with Crippen molar-refractivity contribution in [1.29, 1.82) is 0 Å². The van der Waals surface area contributed by atoms with Gasteiger partial charge >= 0.3 is 0 Å². The Morgan fingerprint density at radius 3 is 2.86 bits per heavy atom. The van der Waals surface area contributed by atoms with E-state index in [-0.39, 0.29) is 22.2 Å². The SMILES string of the molecule is CCCS(=O)(=O)Nc1ccc(Cl)c(C(=O)Nc2cnc3[nH]nc(Br)c3c2)c1F. The maximum absolute atomic E-state index is 14.8. The third-order valence-corrected chi connectivity index (χ3v) is 6.08. The number of rotatable bonds is 6. The second kappa shape index (κ2) is 8.02. The van der Waals surface area contributed by atoms with Crippen molar-refractivity contribution < 1.29 is 17.6 Å². The standard InChI is InChI=1S/C16H14BrClFN5O3S/c1-2-5-28(26,27)24-11-4-3-10(18)12(13(11)19)16(25)21-8-6-9-14(17)22-23-15(9)20-7-8/h3-4,6-7,24H,2,5H2,1H3,(H,21,25)(H,20,22,23). The number of aromatic amines is 1. The number of halogens is 3. The summed E-state index contributed by atoms with van der Waals surface area (Å²) in [5.41, 5.74) is -0.0488. The Hall–Kier alpha value is -2.24. The van der Waals surface area contributed by atoms with Crippen molar-refractivity contribution in [3.8, 4) is 0 Å². The van der Waals surface area contributed by atoms with Crippen LogP contribution in [0.3, 0.4) is 0 Å². The minimum absolute atomic E-state index is 0.160. The van der Waals surface area contributed by atoms with Crippen LogP contribution in [0.1, 0.15) is 23.7 Å². The second-order valence-corrected chi connectivity index (χ2v) is 8.79. The molecule has 1 aromatic carbocycles. The van der Waals surface area contributed by atoms with Crippen LogP contribution < -0.4 is 10.0 Å². The van der Waals surface area contributed by atoms with Crippen LogP contribution in [0.2, 0.25) is 5.02 Å². The summed E-state index contributed by atoms with van der Waals surface area (Å²) in [6, 6.07) is 4.00. The molecule has 2 aromatic heterocycles. The van der Waals surface area contributed by atoms with Crippen molar-refractivity contribution in [3.05, 3.63) is 45.4 Å². The van der Waals surface area contributed by atoms with Gasteiger partial charge in [0.1, 0.15) is 4.60 Å². The first-order valence-corrected chi connectivity index (χ1v) is 10.8. The molecule has 148 valence electrons. The van der Waals surface area contributed by atoms with Crippen molar-refractivity contribution in [2.75, 3.05) is 15.8 Å². The van der Waals surface area contributed by atoms with Crippen LogP contribution in [0.5, 0.6) is 0 Å². The molecule has 0 aliphatic carbocycles. The highest BCUT2D eigenvalue weighted by Crippen LogP contribution is 2.28. The van der Waals surface area contributed by atoms with Gasteiger partial charge in [-0.3, -0.25) is 14.6 Å². The lowest BCUT2D eigenvalue weighted by Crippen LogP contribution is -2.20. The van der Waals surface area contributed by atoms with E-state index in [9.17, 15) is 17.6 Å². The van der Waals surface area contributed by atoms with Gasteiger partial charge in [-0.1, -0.05) is 18.5 Å². The van der Waals surface area contributed by atoms with Gasteiger partial charge in [-0.05, 0) is 40.5 Å². The van der Waals surface area contributed by atoms with Crippen LogP contribution in [-0.2, 0) is 10.0 Å². The number of nitrogens with one attached hydrogen (secondary N) is 3. The molecule has 8 nitrogen and oxygen atoms in total. The zero-order valence-electron chi connectivity index (χ0n) is 14.4. The van der Waals surface area contributed by atoms with E-state index in [0.29, 0.717) is 22.1 Å². The minimum atomic E-state index is -3.73. The van der Waals surface area contributed by atoms with Gasteiger partial charge in [0.2, 0.25) is 10.0 Å². The summed E-state index contributed by atoms with van der Waals surface area (Å²) < 4.78 is 41.3. The summed E-state index contributed by atoms with van der Waals surface area (Å²) in [6.07, 6.45) is 1.72. The number of carbonyl (C=O) groups is 1. The average Bonchev–Trinajstić information content (AvgIpc) is 2.98. The maximum atomic E-state index is 14.8. The molecule has 3 N–H and O–H groups in total. The highest BCUT2D eigenvalue weighted by Gasteiger charge is 2.22. The molecule has 12 heteroatoms. The molecule has 0 bridgehead atoms. The summed E-state index contributed by atoms with van der Waals surface area (Å²) in [6.45, 7) is 1.68. The van der Waals surface area contributed by atoms with Gasteiger partial charge in [-0.2, -0.15) is 5.10 Å². The molecule has 1 amide bonds. The lowest BCUT2D eigenvalue weighted by Gasteiger charge is -2.12. The number of benzene rings is 1. The summed E-state index contributed by atoms with van der Waals surface area (Å²) >= 11 is 9.23. The van der Waals surface area contributed by atoms with Crippen LogP contribution in [0.25, 0.3) is 11.0 Å². The van der Waals surface area contributed by atoms with Crippen LogP contribution in [0.15, 0.2) is 29.0 Å². The van der Waals surface area contributed by atoms with E-state index in [1.807, 2.05) is 0 Å². The summed E-state index contributed by atoms with van der Waals surface area (Å²) in [5.74, 6) is -2.09. The lowest BCUT2D eigenvalue weighted by molar-refractivity contribution is 0.102. The van der Waals surface area contributed by atoms with Crippen LogP contribution in [0, 0.1) is 5.82 Å². The van der Waals surface area contributed by atoms with E-state index < -0.39 is 27.3 Å². The third-order valence-electron chi connectivity index (χ3n) is 3.68. The second-order valence-electron chi connectivity index (χ2n) is 5.79. The fourth-order valence-corrected chi connectivity index (χ4v) is 4.22. The molecule has 3 rings (SSSR count). The number of hydrogen-bond donors (Lipinski definition) is 3. The van der Waals surface area contributed by atoms with Gasteiger partial charge in [0.25, 0.3) is 5.91 Å². The number of fused-ring (bicyclic) bond motifs is 1. The summed E-state index contributed by atoms with van der Waals surface area (Å²) in [7, 11) is -3.73. The van der Waals surface area contributed by atoms with E-state index in [1.165, 1.54) is 12.3 Å². The number of carbonyl (C=O) groups excluding carboxylic acids is 1. The molecule has 0 fully saturated rings. The van der Waals surface area contributed by atoms with Gasteiger partial charge in [-0.15, -0.1) is 0 Å². The van der Waals surface area contributed by atoms with E-state index >= 15 is 0 Å². The fourth-order valence-electron chi connectivity index (χ4n) is 2.46. The van der Waals surface area contributed by atoms with E-state index in [1.54, 1.807) is 13.0 Å². The maximum Gasteiger partial charge on any atom is 0.260 e. The molecule has 0 unspecified atom stereocenters. The molecule has 0 radical (unpaired) electrons. The van der Waals surface area contributed by atoms with Crippen LogP contribution in [-0.4, -0.2) is 35.3 Å². The predicted molar refractivity (Wildman–Crippen MR) is 109 cm³/mol. The first-order chi connectivity index (χ1) is 13.2. The highest BCUT2D eigenvalue weighted by atomic mass is 79.9. The van der Waals surface area contributed by atoms with Crippen LogP contribution in [0.4, 0.5) is 15.8 Å². The average molecular weight is 491 g/mol. The number of amides is 1. The number of pyridine rings is 1. The Balaban J connectivity index is 1.92. The topological polar surface area (TPSA) is 117 Å². The molecule has 0 aliphatic rings. The normalized spacial score (nSPS) is 11.6. The molecule has 3 aromatic rings. The zero-order valence-corrected chi connectivity index (χ0v) is 17.5. The van der Waals surface area contributed by atoms with Gasteiger partial charge < -0.3 is 5.32 Å². The quantitative estimate of drug-likeness (QED) is 0.484. The molecule has 0 atom stereocenters. The van der Waals surface area contributed by atoms with Gasteiger partial charge in [0.05, 0.1) is 39.3 Å². The monoisotopic (exact) mass is 489 g/mol. The van der Waals surface area contributed by atoms with Crippen molar-refractivity contribution >= 4 is 65.9 Å². The Labute approximate surface area is 173 Å². The molecule has 0 aliphatic heterocycles. The first-order valence-electron chi connectivity index (χ1n) is 8.01. The molecule has 0 saturated heterocycles. The smallest absolute Gasteiger partial charge is 0.260 e. The van der Waals surface area contributed by atoms with E-state index in [0.717, 1.165) is 6.07 Å². The zero-order chi connectivity index (χ0) is 20.5. The van der Waals surface area contributed by atoms with Crippen molar-refractivity contribution in [1.82, 2.24) is 15.2 Å². The Bertz CT molecular complexity index is 1170. The number of aromatic nitrogens is 3. The number of sulfonamides is 1. The molecule has 28 heavy (non-hydrogen) atoms. The van der Waals surface area contributed by atoms with Crippen molar-refractivity contribution in [3.63, 3.8) is 0 Å². The number of anilines is 2. The molecule has 0 saturated carbocycles. The van der Waals surface area contributed by atoms with Crippen LogP contribution >= 0.6 is 27.5 Å².